The van der Waals surface area contributed by atoms with Crippen molar-refractivity contribution >= 4 is 22.6 Å². The molecule has 0 radical (unpaired) electrons. The highest BCUT2D eigenvalue weighted by molar-refractivity contribution is 14.1. The molecule has 0 aliphatic rings. The molecule has 0 aliphatic heterocycles. The summed E-state index contributed by atoms with van der Waals surface area (Å²) in [5.41, 5.74) is 1.28. The first-order valence-electron chi connectivity index (χ1n) is 3.91. The van der Waals surface area contributed by atoms with Gasteiger partial charge in [0.2, 0.25) is 0 Å². The number of halogens is 2. The first-order valence-corrected chi connectivity index (χ1v) is 4.99. The smallest absolute Gasteiger partial charge is 0.258 e. The summed E-state index contributed by atoms with van der Waals surface area (Å²) >= 11 is 1.98. The Kier molecular flexibility index (Phi) is 2.49. The molecular formula is C9H6FIN2O. The van der Waals surface area contributed by atoms with E-state index in [0.717, 1.165) is 6.20 Å². The zero-order chi connectivity index (χ0) is 10.1. The Balaban J connectivity index is 2.49. The van der Waals surface area contributed by atoms with Crippen molar-refractivity contribution in [1.29, 1.82) is 0 Å². The number of pyridine rings is 1. The summed E-state index contributed by atoms with van der Waals surface area (Å²) in [5.74, 6) is 0.332. The lowest BCUT2D eigenvalue weighted by Gasteiger charge is -1.95. The van der Waals surface area contributed by atoms with Crippen molar-refractivity contribution in [3.05, 3.63) is 33.8 Å². The Morgan fingerprint density at radius 2 is 2.21 bits per heavy atom. The maximum Gasteiger partial charge on any atom is 0.258 e. The van der Waals surface area contributed by atoms with E-state index >= 15 is 0 Å². The van der Waals surface area contributed by atoms with Gasteiger partial charge in [-0.2, -0.15) is 0 Å². The minimum absolute atomic E-state index is 0.357. The lowest BCUT2D eigenvalue weighted by atomic mass is 10.2. The molecule has 72 valence electrons. The van der Waals surface area contributed by atoms with Gasteiger partial charge >= 0.3 is 0 Å². The molecule has 0 unspecified atom stereocenters. The third-order valence-electron chi connectivity index (χ3n) is 1.74. The molecule has 2 aromatic heterocycles. The first kappa shape index (κ1) is 9.57. The molecular weight excluding hydrogens is 298 g/mol. The minimum Gasteiger partial charge on any atom is -0.437 e. The number of aromatic nitrogens is 2. The Morgan fingerprint density at radius 3 is 2.71 bits per heavy atom. The molecule has 0 N–H and O–H groups in total. The normalized spacial score (nSPS) is 10.5. The second-order valence-electron chi connectivity index (χ2n) is 2.73. The molecule has 2 heterocycles. The average molecular weight is 304 g/mol. The molecule has 0 fully saturated rings. The Morgan fingerprint density at radius 1 is 1.43 bits per heavy atom. The van der Waals surface area contributed by atoms with E-state index in [-0.39, 0.29) is 5.82 Å². The fraction of sp³-hybridized carbons (Fsp3) is 0.111. The second kappa shape index (κ2) is 3.64. The molecule has 0 spiro atoms. The van der Waals surface area contributed by atoms with Gasteiger partial charge in [0, 0.05) is 22.6 Å². The Labute approximate surface area is 93.5 Å². The second-order valence-corrected chi connectivity index (χ2v) is 3.66. The average Bonchev–Trinajstić information content (AvgIpc) is 2.47. The van der Waals surface area contributed by atoms with Gasteiger partial charge in [-0.05, 0) is 19.1 Å². The molecule has 3 nitrogen and oxygen atoms in total. The van der Waals surface area contributed by atoms with Crippen LogP contribution in [-0.4, -0.2) is 9.97 Å². The third kappa shape index (κ3) is 1.77. The van der Waals surface area contributed by atoms with Crippen LogP contribution < -0.4 is 0 Å². The number of rotatable bonds is 1. The zero-order valence-corrected chi connectivity index (χ0v) is 9.45. The van der Waals surface area contributed by atoms with Gasteiger partial charge < -0.3 is 4.42 Å². The lowest BCUT2D eigenvalue weighted by Crippen LogP contribution is -1.86. The van der Waals surface area contributed by atoms with E-state index in [4.69, 9.17) is 4.42 Å². The van der Waals surface area contributed by atoms with Gasteiger partial charge in [0.15, 0.2) is 0 Å². The fourth-order valence-electron chi connectivity index (χ4n) is 1.12. The molecule has 0 saturated heterocycles. The molecule has 5 heteroatoms. The number of hydrogen-bond acceptors (Lipinski definition) is 3. The summed E-state index contributed by atoms with van der Waals surface area (Å²) in [7, 11) is 0. The van der Waals surface area contributed by atoms with E-state index in [1.165, 1.54) is 6.07 Å². The first-order chi connectivity index (χ1) is 6.66. The number of hydrogen-bond donors (Lipinski definition) is 0. The maximum absolute atomic E-state index is 12.6. The van der Waals surface area contributed by atoms with Gasteiger partial charge in [-0.1, -0.05) is 0 Å². The van der Waals surface area contributed by atoms with Crippen LogP contribution in [0, 0.1) is 16.6 Å². The number of aryl methyl sites for hydroxylation is 1. The van der Waals surface area contributed by atoms with Crippen molar-refractivity contribution in [1.82, 2.24) is 9.97 Å². The monoisotopic (exact) mass is 304 g/mol. The molecule has 0 saturated carbocycles. The largest absolute Gasteiger partial charge is 0.437 e. The summed E-state index contributed by atoms with van der Waals surface area (Å²) in [5, 5.41) is 0. The van der Waals surface area contributed by atoms with E-state index < -0.39 is 0 Å². The van der Waals surface area contributed by atoms with Crippen molar-refractivity contribution in [2.24, 2.45) is 0 Å². The topological polar surface area (TPSA) is 38.9 Å². The third-order valence-corrected chi connectivity index (χ3v) is 2.20. The molecule has 0 amide bonds. The van der Waals surface area contributed by atoms with E-state index in [1.807, 2.05) is 22.6 Å². The standard InChI is InChI=1S/C9H6FIN2O/c1-5-8(13-9(11)14-5)7-3-2-6(10)4-12-7/h2-4H,1H3. The zero-order valence-electron chi connectivity index (χ0n) is 7.29. The van der Waals surface area contributed by atoms with Crippen molar-refractivity contribution in [3.8, 4) is 11.4 Å². The minimum atomic E-state index is -0.357. The predicted octanol–water partition coefficient (Wildman–Crippen LogP) is 2.79. The predicted molar refractivity (Wildman–Crippen MR) is 57.1 cm³/mol. The van der Waals surface area contributed by atoms with Crippen LogP contribution in [0.5, 0.6) is 0 Å². The number of nitrogens with zero attached hydrogens (tertiary/aromatic N) is 2. The molecule has 2 aromatic rings. The summed E-state index contributed by atoms with van der Waals surface area (Å²) in [6.07, 6.45) is 1.16. The van der Waals surface area contributed by atoms with Crippen molar-refractivity contribution in [2.45, 2.75) is 6.92 Å². The van der Waals surface area contributed by atoms with Gasteiger partial charge in [0.1, 0.15) is 17.3 Å². The van der Waals surface area contributed by atoms with Crippen LogP contribution >= 0.6 is 22.6 Å². The highest BCUT2D eigenvalue weighted by atomic mass is 127. The van der Waals surface area contributed by atoms with Crippen LogP contribution in [-0.2, 0) is 0 Å². The van der Waals surface area contributed by atoms with E-state index in [9.17, 15) is 4.39 Å². The van der Waals surface area contributed by atoms with E-state index in [0.29, 0.717) is 21.0 Å². The van der Waals surface area contributed by atoms with E-state index in [2.05, 4.69) is 9.97 Å². The maximum atomic E-state index is 12.6. The van der Waals surface area contributed by atoms with Crippen molar-refractivity contribution in [2.75, 3.05) is 0 Å². The quantitative estimate of drug-likeness (QED) is 0.761. The molecule has 14 heavy (non-hydrogen) atoms. The Bertz CT molecular complexity index is 452. The summed E-state index contributed by atoms with van der Waals surface area (Å²) in [4.78, 5) is 8.07. The highest BCUT2D eigenvalue weighted by Gasteiger charge is 2.10. The molecule has 0 bridgehead atoms. The summed E-state index contributed by atoms with van der Waals surface area (Å²) < 4.78 is 18.4. The van der Waals surface area contributed by atoms with Crippen LogP contribution in [0.2, 0.25) is 0 Å². The molecule has 0 atom stereocenters. The molecule has 0 aromatic carbocycles. The lowest BCUT2D eigenvalue weighted by molar-refractivity contribution is 0.497. The van der Waals surface area contributed by atoms with Crippen LogP contribution in [0.1, 0.15) is 5.76 Å². The summed E-state index contributed by atoms with van der Waals surface area (Å²) in [6.45, 7) is 1.80. The SMILES string of the molecule is Cc1oc(I)nc1-c1ccc(F)cn1. The highest BCUT2D eigenvalue weighted by Crippen LogP contribution is 2.21. The van der Waals surface area contributed by atoms with Gasteiger partial charge in [-0.3, -0.25) is 4.98 Å². The van der Waals surface area contributed by atoms with Crippen molar-refractivity contribution in [3.63, 3.8) is 0 Å². The van der Waals surface area contributed by atoms with Gasteiger partial charge in [0.25, 0.3) is 3.90 Å². The van der Waals surface area contributed by atoms with Crippen LogP contribution in [0.3, 0.4) is 0 Å². The molecule has 2 rings (SSSR count). The van der Waals surface area contributed by atoms with Crippen molar-refractivity contribution < 1.29 is 8.81 Å². The van der Waals surface area contributed by atoms with Gasteiger partial charge in [0.05, 0.1) is 11.9 Å². The van der Waals surface area contributed by atoms with Crippen LogP contribution in [0.25, 0.3) is 11.4 Å². The Hall–Kier alpha value is -0.980. The van der Waals surface area contributed by atoms with Gasteiger partial charge in [-0.15, -0.1) is 0 Å². The van der Waals surface area contributed by atoms with E-state index in [1.54, 1.807) is 13.0 Å². The van der Waals surface area contributed by atoms with Crippen LogP contribution in [0.15, 0.2) is 22.7 Å². The van der Waals surface area contributed by atoms with Gasteiger partial charge in [-0.25, -0.2) is 9.37 Å². The fourth-order valence-corrected chi connectivity index (χ4v) is 1.69. The van der Waals surface area contributed by atoms with Crippen LogP contribution in [0.4, 0.5) is 4.39 Å². The number of oxazole rings is 1. The molecule has 0 aliphatic carbocycles. The summed E-state index contributed by atoms with van der Waals surface area (Å²) in [6, 6.07) is 2.93.